The van der Waals surface area contributed by atoms with E-state index in [4.69, 9.17) is 5.73 Å². The van der Waals surface area contributed by atoms with Crippen molar-refractivity contribution in [2.45, 2.75) is 18.7 Å². The maximum absolute atomic E-state index is 13.4. The first kappa shape index (κ1) is 14.3. The molecule has 106 valence electrons. The van der Waals surface area contributed by atoms with Gasteiger partial charge in [-0.05, 0) is 43.7 Å². The van der Waals surface area contributed by atoms with Crippen molar-refractivity contribution in [3.05, 3.63) is 47.5 Å². The molecule has 0 unspecified atom stereocenters. The van der Waals surface area contributed by atoms with Gasteiger partial charge in [-0.25, -0.2) is 12.8 Å². The predicted octanol–water partition coefficient (Wildman–Crippen LogP) is 2.22. The SMILES string of the molecule is Cc1cc(S(=O)(=O)Nc2cccnc2C)cc(N)c1F. The van der Waals surface area contributed by atoms with Crippen molar-refractivity contribution >= 4 is 21.4 Å². The average molecular weight is 295 g/mol. The number of sulfonamides is 1. The number of aryl methyl sites for hydroxylation is 2. The molecule has 7 heteroatoms. The fraction of sp³-hybridized carbons (Fsp3) is 0.154. The average Bonchev–Trinajstić information content (AvgIpc) is 2.38. The minimum Gasteiger partial charge on any atom is -0.396 e. The van der Waals surface area contributed by atoms with Crippen molar-refractivity contribution in [1.82, 2.24) is 4.98 Å². The van der Waals surface area contributed by atoms with E-state index in [-0.39, 0.29) is 16.1 Å². The summed E-state index contributed by atoms with van der Waals surface area (Å²) in [5, 5.41) is 0. The molecule has 0 bridgehead atoms. The second-order valence-corrected chi connectivity index (χ2v) is 6.07. The highest BCUT2D eigenvalue weighted by Crippen LogP contribution is 2.23. The normalized spacial score (nSPS) is 11.3. The van der Waals surface area contributed by atoms with Crippen LogP contribution in [0, 0.1) is 19.7 Å². The number of hydrogen-bond donors (Lipinski definition) is 2. The fourth-order valence-electron chi connectivity index (χ4n) is 1.71. The number of rotatable bonds is 3. The first-order valence-corrected chi connectivity index (χ1v) is 7.29. The van der Waals surface area contributed by atoms with Crippen LogP contribution in [0.1, 0.15) is 11.3 Å². The van der Waals surface area contributed by atoms with E-state index in [1.165, 1.54) is 13.0 Å². The Labute approximate surface area is 116 Å². The number of benzene rings is 1. The van der Waals surface area contributed by atoms with Crippen molar-refractivity contribution < 1.29 is 12.8 Å². The zero-order chi connectivity index (χ0) is 14.9. The highest BCUT2D eigenvalue weighted by Gasteiger charge is 2.18. The lowest BCUT2D eigenvalue weighted by molar-refractivity contribution is 0.599. The molecule has 0 aliphatic rings. The van der Waals surface area contributed by atoms with Gasteiger partial charge in [0, 0.05) is 6.20 Å². The van der Waals surface area contributed by atoms with Crippen molar-refractivity contribution in [3.63, 3.8) is 0 Å². The zero-order valence-corrected chi connectivity index (χ0v) is 11.8. The van der Waals surface area contributed by atoms with Crippen molar-refractivity contribution in [2.75, 3.05) is 10.5 Å². The molecule has 0 amide bonds. The summed E-state index contributed by atoms with van der Waals surface area (Å²) >= 11 is 0. The fourth-order valence-corrected chi connectivity index (χ4v) is 2.95. The summed E-state index contributed by atoms with van der Waals surface area (Å²) in [6.45, 7) is 3.14. The van der Waals surface area contributed by atoms with Crippen LogP contribution in [-0.2, 0) is 10.0 Å². The molecule has 0 saturated carbocycles. The standard InChI is InChI=1S/C13H14FN3O2S/c1-8-6-10(7-11(15)13(8)14)20(18,19)17-12-4-3-5-16-9(12)2/h3-7,17H,15H2,1-2H3. The van der Waals surface area contributed by atoms with Crippen LogP contribution in [0.5, 0.6) is 0 Å². The Balaban J connectivity index is 2.44. The molecule has 20 heavy (non-hydrogen) atoms. The van der Waals surface area contributed by atoms with Gasteiger partial charge in [0.1, 0.15) is 5.82 Å². The maximum Gasteiger partial charge on any atom is 0.262 e. The molecule has 3 N–H and O–H groups in total. The molecule has 1 heterocycles. The number of hydrogen-bond acceptors (Lipinski definition) is 4. The Morgan fingerprint density at radius 3 is 2.60 bits per heavy atom. The molecule has 0 radical (unpaired) electrons. The van der Waals surface area contributed by atoms with Crippen molar-refractivity contribution in [3.8, 4) is 0 Å². The van der Waals surface area contributed by atoms with Gasteiger partial charge in [-0.2, -0.15) is 0 Å². The smallest absolute Gasteiger partial charge is 0.262 e. The zero-order valence-electron chi connectivity index (χ0n) is 11.0. The van der Waals surface area contributed by atoms with Crippen LogP contribution in [-0.4, -0.2) is 13.4 Å². The second-order valence-electron chi connectivity index (χ2n) is 4.39. The Morgan fingerprint density at radius 1 is 1.30 bits per heavy atom. The van der Waals surface area contributed by atoms with Crippen LogP contribution in [0.3, 0.4) is 0 Å². The molecule has 0 spiro atoms. The van der Waals surface area contributed by atoms with Crippen LogP contribution in [0.15, 0.2) is 35.4 Å². The van der Waals surface area contributed by atoms with Gasteiger partial charge in [-0.15, -0.1) is 0 Å². The molecule has 0 fully saturated rings. The maximum atomic E-state index is 13.4. The van der Waals surface area contributed by atoms with Crippen molar-refractivity contribution in [1.29, 1.82) is 0 Å². The highest BCUT2D eigenvalue weighted by molar-refractivity contribution is 7.92. The van der Waals surface area contributed by atoms with Crippen LogP contribution in [0.2, 0.25) is 0 Å². The van der Waals surface area contributed by atoms with Crippen molar-refractivity contribution in [2.24, 2.45) is 0 Å². The molecule has 2 aromatic rings. The summed E-state index contributed by atoms with van der Waals surface area (Å²) in [5.41, 5.74) is 6.35. The molecule has 1 aromatic heterocycles. The third-order valence-electron chi connectivity index (χ3n) is 2.82. The van der Waals surface area contributed by atoms with Gasteiger partial charge >= 0.3 is 0 Å². The van der Waals surface area contributed by atoms with E-state index < -0.39 is 15.8 Å². The van der Waals surface area contributed by atoms with E-state index >= 15 is 0 Å². The molecule has 2 rings (SSSR count). The molecule has 1 aromatic carbocycles. The van der Waals surface area contributed by atoms with Crippen LogP contribution in [0.4, 0.5) is 15.8 Å². The Hall–Kier alpha value is -2.15. The van der Waals surface area contributed by atoms with E-state index in [9.17, 15) is 12.8 Å². The summed E-state index contributed by atoms with van der Waals surface area (Å²) in [7, 11) is -3.83. The van der Waals surface area contributed by atoms with E-state index in [2.05, 4.69) is 9.71 Å². The first-order valence-electron chi connectivity index (χ1n) is 5.81. The number of nitrogens with one attached hydrogen (secondary N) is 1. The number of nitrogen functional groups attached to an aromatic ring is 1. The third kappa shape index (κ3) is 2.72. The monoisotopic (exact) mass is 295 g/mol. The minimum atomic E-state index is -3.83. The van der Waals surface area contributed by atoms with Gasteiger partial charge in [-0.3, -0.25) is 9.71 Å². The molecule has 5 nitrogen and oxygen atoms in total. The van der Waals surface area contributed by atoms with Crippen LogP contribution < -0.4 is 10.5 Å². The van der Waals surface area contributed by atoms with E-state index in [0.717, 1.165) is 6.07 Å². The molecule has 0 saturated heterocycles. The van der Waals surface area contributed by atoms with Gasteiger partial charge in [-0.1, -0.05) is 0 Å². The number of aromatic nitrogens is 1. The summed E-state index contributed by atoms with van der Waals surface area (Å²) in [5.74, 6) is -0.610. The van der Waals surface area contributed by atoms with E-state index in [1.54, 1.807) is 25.3 Å². The lowest BCUT2D eigenvalue weighted by atomic mass is 10.2. The minimum absolute atomic E-state index is 0.0860. The summed E-state index contributed by atoms with van der Waals surface area (Å²) in [4.78, 5) is 3.91. The first-order chi connectivity index (χ1) is 9.31. The number of anilines is 2. The molecule has 0 atom stereocenters. The van der Waals surface area contributed by atoms with E-state index in [1.807, 2.05) is 0 Å². The third-order valence-corrected chi connectivity index (χ3v) is 4.16. The Kier molecular flexibility index (Phi) is 3.63. The summed E-state index contributed by atoms with van der Waals surface area (Å²) in [6, 6.07) is 5.55. The number of nitrogens with two attached hydrogens (primary N) is 1. The molecule has 0 aliphatic carbocycles. The van der Waals surface area contributed by atoms with Gasteiger partial charge in [0.15, 0.2) is 0 Å². The van der Waals surface area contributed by atoms with Gasteiger partial charge in [0.05, 0.1) is 22.0 Å². The lowest BCUT2D eigenvalue weighted by Gasteiger charge is -2.11. The number of pyridine rings is 1. The summed E-state index contributed by atoms with van der Waals surface area (Å²) < 4.78 is 40.4. The Morgan fingerprint density at radius 2 is 2.00 bits per heavy atom. The molecular formula is C13H14FN3O2S. The second kappa shape index (κ2) is 5.09. The van der Waals surface area contributed by atoms with Gasteiger partial charge in [0.25, 0.3) is 10.0 Å². The van der Waals surface area contributed by atoms with E-state index in [0.29, 0.717) is 11.4 Å². The van der Waals surface area contributed by atoms with Crippen LogP contribution in [0.25, 0.3) is 0 Å². The number of nitrogens with zero attached hydrogens (tertiary/aromatic N) is 1. The highest BCUT2D eigenvalue weighted by atomic mass is 32.2. The summed E-state index contributed by atoms with van der Waals surface area (Å²) in [6.07, 6.45) is 1.56. The van der Waals surface area contributed by atoms with Crippen LogP contribution >= 0.6 is 0 Å². The lowest BCUT2D eigenvalue weighted by Crippen LogP contribution is -2.15. The predicted molar refractivity (Wildman–Crippen MR) is 75.3 cm³/mol. The molecular weight excluding hydrogens is 281 g/mol. The molecule has 0 aliphatic heterocycles. The Bertz CT molecular complexity index is 737. The van der Waals surface area contributed by atoms with Gasteiger partial charge in [0.2, 0.25) is 0 Å². The topological polar surface area (TPSA) is 85.1 Å². The number of halogens is 1. The van der Waals surface area contributed by atoms with Gasteiger partial charge < -0.3 is 5.73 Å². The quantitative estimate of drug-likeness (QED) is 0.850. The largest absolute Gasteiger partial charge is 0.396 e.